The van der Waals surface area contributed by atoms with E-state index in [0.717, 1.165) is 12.1 Å². The van der Waals surface area contributed by atoms with Gasteiger partial charge in [-0.2, -0.15) is 8.78 Å². The van der Waals surface area contributed by atoms with E-state index in [1.165, 1.54) is 26.1 Å². The van der Waals surface area contributed by atoms with E-state index in [9.17, 15) is 13.2 Å². The SMILES string of the molecule is CC1(C)N=Cc2ccc(F)cc2C1(F)F. The van der Waals surface area contributed by atoms with E-state index in [-0.39, 0.29) is 11.1 Å². The van der Waals surface area contributed by atoms with E-state index in [1.807, 2.05) is 0 Å². The average Bonchev–Trinajstić information content (AvgIpc) is 2.14. The van der Waals surface area contributed by atoms with E-state index in [1.54, 1.807) is 0 Å². The summed E-state index contributed by atoms with van der Waals surface area (Å²) in [5.41, 5.74) is -1.53. The molecule has 1 aromatic rings. The van der Waals surface area contributed by atoms with E-state index < -0.39 is 17.3 Å². The van der Waals surface area contributed by atoms with Gasteiger partial charge in [-0.1, -0.05) is 6.07 Å². The minimum atomic E-state index is -3.14. The number of fused-ring (bicyclic) bond motifs is 1. The molecule has 4 heteroatoms. The zero-order chi connectivity index (χ0) is 11.3. The van der Waals surface area contributed by atoms with Crippen LogP contribution in [0.15, 0.2) is 23.2 Å². The molecule has 1 heterocycles. The van der Waals surface area contributed by atoms with Gasteiger partial charge in [-0.05, 0) is 26.0 Å². The fourth-order valence-electron chi connectivity index (χ4n) is 1.55. The van der Waals surface area contributed by atoms with Gasteiger partial charge < -0.3 is 0 Å². The van der Waals surface area contributed by atoms with Crippen molar-refractivity contribution in [1.82, 2.24) is 0 Å². The van der Waals surface area contributed by atoms with Crippen LogP contribution < -0.4 is 0 Å². The topological polar surface area (TPSA) is 12.4 Å². The zero-order valence-corrected chi connectivity index (χ0v) is 8.39. The summed E-state index contributed by atoms with van der Waals surface area (Å²) in [7, 11) is 0. The molecule has 1 aliphatic rings. The van der Waals surface area contributed by atoms with Crippen LogP contribution in [0.3, 0.4) is 0 Å². The first-order chi connectivity index (χ1) is 6.84. The lowest BCUT2D eigenvalue weighted by atomic mass is 9.85. The summed E-state index contributed by atoms with van der Waals surface area (Å²) in [6.07, 6.45) is 1.37. The van der Waals surface area contributed by atoms with Crippen molar-refractivity contribution in [3.8, 4) is 0 Å². The summed E-state index contributed by atoms with van der Waals surface area (Å²) in [6.45, 7) is 2.66. The summed E-state index contributed by atoms with van der Waals surface area (Å²) in [6, 6.07) is 3.35. The minimum absolute atomic E-state index is 0.278. The first kappa shape index (κ1) is 10.2. The third-order valence-electron chi connectivity index (χ3n) is 2.65. The van der Waals surface area contributed by atoms with Crippen molar-refractivity contribution in [1.29, 1.82) is 0 Å². The van der Waals surface area contributed by atoms with Gasteiger partial charge in [0.25, 0.3) is 5.92 Å². The van der Waals surface area contributed by atoms with Gasteiger partial charge >= 0.3 is 0 Å². The second-order valence-electron chi connectivity index (χ2n) is 4.12. The largest absolute Gasteiger partial charge is 0.298 e. The normalized spacial score (nSPS) is 21.1. The molecule has 0 saturated heterocycles. The Morgan fingerprint density at radius 1 is 1.20 bits per heavy atom. The molecule has 1 nitrogen and oxygen atoms in total. The lowest BCUT2D eigenvalue weighted by molar-refractivity contribution is -0.0680. The summed E-state index contributed by atoms with van der Waals surface area (Å²) in [4.78, 5) is 3.79. The van der Waals surface area contributed by atoms with Crippen LogP contribution >= 0.6 is 0 Å². The van der Waals surface area contributed by atoms with Crippen LogP contribution in [0.4, 0.5) is 13.2 Å². The van der Waals surface area contributed by atoms with Crippen molar-refractivity contribution in [3.63, 3.8) is 0 Å². The van der Waals surface area contributed by atoms with E-state index in [0.29, 0.717) is 0 Å². The van der Waals surface area contributed by atoms with Crippen LogP contribution in [0, 0.1) is 5.82 Å². The lowest BCUT2D eigenvalue weighted by Crippen LogP contribution is -2.42. The molecule has 15 heavy (non-hydrogen) atoms. The fourth-order valence-corrected chi connectivity index (χ4v) is 1.55. The maximum Gasteiger partial charge on any atom is 0.298 e. The van der Waals surface area contributed by atoms with Crippen LogP contribution in [0.2, 0.25) is 0 Å². The Labute approximate surface area is 85.6 Å². The Balaban J connectivity index is 2.68. The van der Waals surface area contributed by atoms with E-state index in [2.05, 4.69) is 4.99 Å². The molecule has 0 atom stereocenters. The Kier molecular flexibility index (Phi) is 1.93. The summed E-state index contributed by atoms with van der Waals surface area (Å²) < 4.78 is 40.7. The highest BCUT2D eigenvalue weighted by Gasteiger charge is 2.51. The first-order valence-electron chi connectivity index (χ1n) is 4.58. The highest BCUT2D eigenvalue weighted by molar-refractivity contribution is 5.84. The average molecular weight is 213 g/mol. The van der Waals surface area contributed by atoms with Gasteiger partial charge in [-0.3, -0.25) is 4.99 Å². The van der Waals surface area contributed by atoms with Crippen molar-refractivity contribution in [2.45, 2.75) is 25.3 Å². The number of hydrogen-bond donors (Lipinski definition) is 0. The standard InChI is InChI=1S/C11H10F3N/c1-10(2)11(13,14)9-5-8(12)4-3-7(9)6-15-10/h3-6H,1-2H3. The van der Waals surface area contributed by atoms with Gasteiger partial charge in [0.15, 0.2) is 0 Å². The molecular formula is C11H10F3N. The Hall–Kier alpha value is -1.32. The van der Waals surface area contributed by atoms with Crippen molar-refractivity contribution in [2.75, 3.05) is 0 Å². The molecule has 0 bridgehead atoms. The van der Waals surface area contributed by atoms with Gasteiger partial charge in [0.1, 0.15) is 11.4 Å². The molecule has 80 valence electrons. The smallest absolute Gasteiger partial charge is 0.280 e. The summed E-state index contributed by atoms with van der Waals surface area (Å²) in [5, 5.41) is 0. The van der Waals surface area contributed by atoms with Crippen LogP contribution in [0.1, 0.15) is 25.0 Å². The highest BCUT2D eigenvalue weighted by Crippen LogP contribution is 2.44. The first-order valence-corrected chi connectivity index (χ1v) is 4.58. The number of hydrogen-bond acceptors (Lipinski definition) is 1. The van der Waals surface area contributed by atoms with E-state index >= 15 is 0 Å². The molecule has 0 unspecified atom stereocenters. The number of nitrogens with zero attached hydrogens (tertiary/aromatic N) is 1. The van der Waals surface area contributed by atoms with Crippen molar-refractivity contribution >= 4 is 6.21 Å². The molecule has 0 fully saturated rings. The number of rotatable bonds is 0. The predicted octanol–water partition coefficient (Wildman–Crippen LogP) is 3.13. The van der Waals surface area contributed by atoms with Crippen LogP contribution in [-0.4, -0.2) is 11.8 Å². The predicted molar refractivity (Wildman–Crippen MR) is 52.0 cm³/mol. The van der Waals surface area contributed by atoms with Gasteiger partial charge in [0, 0.05) is 17.3 Å². The molecule has 0 radical (unpaired) electrons. The molecule has 1 aromatic carbocycles. The Morgan fingerprint density at radius 2 is 1.87 bits per heavy atom. The Bertz CT molecular complexity index is 435. The molecule has 0 aromatic heterocycles. The molecule has 1 aliphatic heterocycles. The number of benzene rings is 1. The third-order valence-corrected chi connectivity index (χ3v) is 2.65. The summed E-state index contributed by atoms with van der Waals surface area (Å²) in [5.74, 6) is -3.79. The molecule has 2 rings (SSSR count). The maximum atomic E-state index is 13.9. The fraction of sp³-hybridized carbons (Fsp3) is 0.364. The maximum absolute atomic E-state index is 13.9. The minimum Gasteiger partial charge on any atom is -0.280 e. The third kappa shape index (κ3) is 1.35. The van der Waals surface area contributed by atoms with Crippen LogP contribution in [-0.2, 0) is 5.92 Å². The van der Waals surface area contributed by atoms with E-state index in [4.69, 9.17) is 0 Å². The second-order valence-corrected chi connectivity index (χ2v) is 4.12. The molecule has 0 spiro atoms. The molecule has 0 aliphatic carbocycles. The molecule has 0 N–H and O–H groups in total. The van der Waals surface area contributed by atoms with Crippen molar-refractivity contribution in [3.05, 3.63) is 35.1 Å². The quantitative estimate of drug-likeness (QED) is 0.627. The number of alkyl halides is 2. The van der Waals surface area contributed by atoms with Gasteiger partial charge in [-0.25, -0.2) is 4.39 Å². The second kappa shape index (κ2) is 2.84. The Morgan fingerprint density at radius 3 is 2.53 bits per heavy atom. The highest BCUT2D eigenvalue weighted by atomic mass is 19.3. The zero-order valence-electron chi connectivity index (χ0n) is 8.39. The lowest BCUT2D eigenvalue weighted by Gasteiger charge is -2.34. The monoisotopic (exact) mass is 213 g/mol. The molecule has 0 saturated carbocycles. The van der Waals surface area contributed by atoms with Crippen LogP contribution in [0.25, 0.3) is 0 Å². The van der Waals surface area contributed by atoms with Crippen molar-refractivity contribution in [2.24, 2.45) is 4.99 Å². The van der Waals surface area contributed by atoms with Gasteiger partial charge in [0.05, 0.1) is 0 Å². The van der Waals surface area contributed by atoms with Crippen molar-refractivity contribution < 1.29 is 13.2 Å². The van der Waals surface area contributed by atoms with Crippen LogP contribution in [0.5, 0.6) is 0 Å². The van der Waals surface area contributed by atoms with Gasteiger partial charge in [-0.15, -0.1) is 0 Å². The molecular weight excluding hydrogens is 203 g/mol. The summed E-state index contributed by atoms with van der Waals surface area (Å²) >= 11 is 0. The number of aliphatic imine (C=N–C) groups is 1. The number of halogens is 3. The van der Waals surface area contributed by atoms with Gasteiger partial charge in [0.2, 0.25) is 0 Å². The molecule has 0 amide bonds.